The summed E-state index contributed by atoms with van der Waals surface area (Å²) in [6.45, 7) is 0. The molecular formula is C22H24N6O3. The van der Waals surface area contributed by atoms with Crippen molar-refractivity contribution in [3.63, 3.8) is 0 Å². The van der Waals surface area contributed by atoms with Crippen LogP contribution in [0.3, 0.4) is 0 Å². The van der Waals surface area contributed by atoms with E-state index >= 15 is 0 Å². The van der Waals surface area contributed by atoms with Crippen molar-refractivity contribution < 1.29 is 9.59 Å². The number of para-hydroxylation sites is 1. The van der Waals surface area contributed by atoms with Gasteiger partial charge in [-0.2, -0.15) is 0 Å². The third kappa shape index (κ3) is 5.14. The van der Waals surface area contributed by atoms with E-state index in [1.165, 1.54) is 0 Å². The summed E-state index contributed by atoms with van der Waals surface area (Å²) in [5.74, 6) is -0.0735. The molecule has 1 aliphatic rings. The number of aromatic amines is 1. The molecule has 0 radical (unpaired) electrons. The topological polar surface area (TPSA) is 128 Å². The fourth-order valence-corrected chi connectivity index (χ4v) is 3.58. The molecule has 2 amide bonds. The second-order valence-corrected chi connectivity index (χ2v) is 7.46. The van der Waals surface area contributed by atoms with Crippen molar-refractivity contribution in [2.24, 2.45) is 0 Å². The van der Waals surface area contributed by atoms with Crippen LogP contribution < -0.4 is 27.3 Å². The molecule has 0 spiro atoms. The number of hydrogen-bond acceptors (Lipinski definition) is 6. The Morgan fingerprint density at radius 2 is 1.77 bits per heavy atom. The molecule has 0 bridgehead atoms. The van der Waals surface area contributed by atoms with Gasteiger partial charge in [-0.3, -0.25) is 25.2 Å². The van der Waals surface area contributed by atoms with Crippen LogP contribution in [-0.4, -0.2) is 27.8 Å². The Bertz CT molecular complexity index is 1130. The number of benzene rings is 2. The number of aryl methyl sites for hydroxylation is 1. The maximum absolute atomic E-state index is 12.3. The molecule has 3 aromatic rings. The molecule has 2 aromatic carbocycles. The molecule has 0 aliphatic carbocycles. The number of aromatic nitrogens is 2. The largest absolute Gasteiger partial charge is 0.310 e. The predicted molar refractivity (Wildman–Crippen MR) is 115 cm³/mol. The minimum atomic E-state index is -0.447. The van der Waals surface area contributed by atoms with Gasteiger partial charge in [0.25, 0.3) is 11.5 Å². The summed E-state index contributed by atoms with van der Waals surface area (Å²) >= 11 is 0. The van der Waals surface area contributed by atoms with Crippen molar-refractivity contribution in [1.82, 2.24) is 31.7 Å². The van der Waals surface area contributed by atoms with Crippen LogP contribution in [0.15, 0.2) is 59.4 Å². The van der Waals surface area contributed by atoms with Crippen LogP contribution in [0.25, 0.3) is 10.9 Å². The Hall–Kier alpha value is -3.56. The quantitative estimate of drug-likeness (QED) is 0.379. The van der Waals surface area contributed by atoms with Gasteiger partial charge in [0.15, 0.2) is 0 Å². The number of nitrogens with one attached hydrogen (secondary N) is 5. The Balaban J connectivity index is 1.20. The van der Waals surface area contributed by atoms with E-state index in [4.69, 9.17) is 0 Å². The zero-order valence-corrected chi connectivity index (χ0v) is 16.9. The maximum Gasteiger partial charge on any atom is 0.258 e. The summed E-state index contributed by atoms with van der Waals surface area (Å²) in [7, 11) is 0. The van der Waals surface area contributed by atoms with Gasteiger partial charge in [-0.05, 0) is 30.5 Å². The highest BCUT2D eigenvalue weighted by atomic mass is 16.2. The summed E-state index contributed by atoms with van der Waals surface area (Å²) in [5, 5.41) is 0.538. The average Bonchev–Trinajstić information content (AvgIpc) is 3.29. The molecule has 0 saturated carbocycles. The van der Waals surface area contributed by atoms with Crippen molar-refractivity contribution in [3.05, 3.63) is 76.3 Å². The summed E-state index contributed by atoms with van der Waals surface area (Å²) in [5.41, 5.74) is 12.5. The van der Waals surface area contributed by atoms with Gasteiger partial charge in [-0.25, -0.2) is 15.8 Å². The zero-order chi connectivity index (χ0) is 21.6. The predicted octanol–water partition coefficient (Wildman–Crippen LogP) is 1.00. The highest BCUT2D eigenvalue weighted by Crippen LogP contribution is 2.21. The lowest BCUT2D eigenvalue weighted by Crippen LogP contribution is -2.50. The van der Waals surface area contributed by atoms with Gasteiger partial charge in [0.2, 0.25) is 5.91 Å². The Morgan fingerprint density at radius 3 is 2.61 bits per heavy atom. The van der Waals surface area contributed by atoms with Gasteiger partial charge in [-0.15, -0.1) is 0 Å². The van der Waals surface area contributed by atoms with E-state index in [0.717, 1.165) is 5.56 Å². The number of carbonyl (C=O) groups excluding carboxylic acids is 2. The molecule has 1 aromatic heterocycles. The second-order valence-electron chi connectivity index (χ2n) is 7.46. The number of hydrogen-bond donors (Lipinski definition) is 5. The average molecular weight is 420 g/mol. The number of fused-ring (bicyclic) bond motifs is 1. The van der Waals surface area contributed by atoms with Crippen molar-refractivity contribution in [2.45, 2.75) is 37.8 Å². The van der Waals surface area contributed by atoms with Gasteiger partial charge < -0.3 is 4.98 Å². The number of hydrazine groups is 2. The van der Waals surface area contributed by atoms with Gasteiger partial charge >= 0.3 is 0 Å². The van der Waals surface area contributed by atoms with Crippen LogP contribution in [0, 0.1) is 0 Å². The normalized spacial score (nSPS) is 18.1. The molecule has 2 atom stereocenters. The van der Waals surface area contributed by atoms with E-state index in [-0.39, 0.29) is 29.8 Å². The molecule has 9 nitrogen and oxygen atoms in total. The van der Waals surface area contributed by atoms with E-state index in [9.17, 15) is 14.4 Å². The summed E-state index contributed by atoms with van der Waals surface area (Å²) < 4.78 is 0. The molecular weight excluding hydrogens is 396 g/mol. The van der Waals surface area contributed by atoms with Crippen molar-refractivity contribution in [1.29, 1.82) is 0 Å². The number of carbonyl (C=O) groups is 2. The first-order valence-electron chi connectivity index (χ1n) is 10.2. The fraction of sp³-hybridized carbons (Fsp3) is 0.273. The monoisotopic (exact) mass is 420 g/mol. The number of amides is 2. The Labute approximate surface area is 178 Å². The zero-order valence-electron chi connectivity index (χ0n) is 16.9. The smallest absolute Gasteiger partial charge is 0.258 e. The van der Waals surface area contributed by atoms with Crippen LogP contribution in [0.1, 0.15) is 36.7 Å². The number of rotatable bonds is 6. The maximum atomic E-state index is 12.3. The third-order valence-corrected chi connectivity index (χ3v) is 5.23. The molecule has 5 N–H and O–H groups in total. The van der Waals surface area contributed by atoms with Crippen LogP contribution in [0.5, 0.6) is 0 Å². The molecule has 4 rings (SSSR count). The fourth-order valence-electron chi connectivity index (χ4n) is 3.58. The van der Waals surface area contributed by atoms with Crippen molar-refractivity contribution >= 4 is 22.7 Å². The van der Waals surface area contributed by atoms with E-state index < -0.39 is 6.04 Å². The van der Waals surface area contributed by atoms with Crippen LogP contribution in [0.4, 0.5) is 0 Å². The summed E-state index contributed by atoms with van der Waals surface area (Å²) in [4.78, 5) is 43.6. The standard InChI is InChI=1S/C22H24N6O3/c29-20(12-6-11-19-23-16-10-5-4-9-15(16)21(30)24-19)27-28-22(31)18-13-17(25-26-18)14-7-2-1-3-8-14/h1-5,7-10,17-18,25-26H,6,11-13H2,(H,27,29)(H,28,31)(H,23,24,30). The van der Waals surface area contributed by atoms with Crippen molar-refractivity contribution in [3.8, 4) is 0 Å². The molecule has 9 heteroatoms. The lowest BCUT2D eigenvalue weighted by atomic mass is 10.0. The van der Waals surface area contributed by atoms with Gasteiger partial charge in [0, 0.05) is 18.9 Å². The first-order chi connectivity index (χ1) is 15.1. The SMILES string of the molecule is O=C(CCCc1nc2ccccc2c(=O)[nH]1)NNC(=O)C1CC(c2ccccc2)NN1. The summed E-state index contributed by atoms with van der Waals surface area (Å²) in [6, 6.07) is 16.5. The number of nitrogens with zero attached hydrogens (tertiary/aromatic N) is 1. The third-order valence-electron chi connectivity index (χ3n) is 5.23. The van der Waals surface area contributed by atoms with E-state index in [2.05, 4.69) is 31.7 Å². The van der Waals surface area contributed by atoms with Crippen LogP contribution in [0.2, 0.25) is 0 Å². The van der Waals surface area contributed by atoms with Crippen molar-refractivity contribution in [2.75, 3.05) is 0 Å². The molecule has 1 fully saturated rings. The van der Waals surface area contributed by atoms with E-state index in [1.807, 2.05) is 36.4 Å². The molecule has 31 heavy (non-hydrogen) atoms. The second kappa shape index (κ2) is 9.50. The molecule has 2 heterocycles. The van der Waals surface area contributed by atoms with Gasteiger partial charge in [-0.1, -0.05) is 42.5 Å². The lowest BCUT2D eigenvalue weighted by molar-refractivity contribution is -0.130. The molecule has 1 aliphatic heterocycles. The van der Waals surface area contributed by atoms with E-state index in [0.29, 0.717) is 36.0 Å². The molecule has 2 unspecified atom stereocenters. The Kier molecular flexibility index (Phi) is 6.34. The van der Waals surface area contributed by atoms with E-state index in [1.54, 1.807) is 18.2 Å². The van der Waals surface area contributed by atoms with Crippen LogP contribution >= 0.6 is 0 Å². The minimum Gasteiger partial charge on any atom is -0.310 e. The summed E-state index contributed by atoms with van der Waals surface area (Å²) in [6.07, 6.45) is 1.71. The minimum absolute atomic E-state index is 0.0317. The van der Waals surface area contributed by atoms with Gasteiger partial charge in [0.1, 0.15) is 11.9 Å². The number of H-pyrrole nitrogens is 1. The lowest BCUT2D eigenvalue weighted by Gasteiger charge is -2.11. The molecule has 160 valence electrons. The van der Waals surface area contributed by atoms with Gasteiger partial charge in [0.05, 0.1) is 10.9 Å². The molecule has 1 saturated heterocycles. The first-order valence-corrected chi connectivity index (χ1v) is 10.2. The highest BCUT2D eigenvalue weighted by molar-refractivity contribution is 5.85. The Morgan fingerprint density at radius 1 is 1.00 bits per heavy atom. The first kappa shape index (κ1) is 20.7. The van der Waals surface area contributed by atoms with Crippen LogP contribution in [-0.2, 0) is 16.0 Å². The highest BCUT2D eigenvalue weighted by Gasteiger charge is 2.30.